The summed E-state index contributed by atoms with van der Waals surface area (Å²) >= 11 is 1.68. The Morgan fingerprint density at radius 3 is 2.81 bits per heavy atom. The highest BCUT2D eigenvalue weighted by Crippen LogP contribution is 2.31. The number of aliphatic carboxylic acids is 1. The van der Waals surface area contributed by atoms with Crippen molar-refractivity contribution >= 4 is 23.3 Å². The Morgan fingerprint density at radius 1 is 1.38 bits per heavy atom. The van der Waals surface area contributed by atoms with E-state index in [1.165, 1.54) is 4.88 Å². The third-order valence-corrected chi connectivity index (χ3v) is 5.02. The molecule has 0 bridgehead atoms. The van der Waals surface area contributed by atoms with Crippen molar-refractivity contribution < 1.29 is 14.7 Å². The fourth-order valence-electron chi connectivity index (χ4n) is 2.91. The molecule has 1 atom stereocenters. The van der Waals surface area contributed by atoms with Crippen molar-refractivity contribution in [3.05, 3.63) is 22.4 Å². The summed E-state index contributed by atoms with van der Waals surface area (Å²) in [6.45, 7) is 1.95. The van der Waals surface area contributed by atoms with E-state index in [4.69, 9.17) is 5.11 Å². The number of likely N-dealkylation sites (tertiary alicyclic amines) is 1. The Bertz CT molecular complexity index is 513. The van der Waals surface area contributed by atoms with Gasteiger partial charge in [0.25, 0.3) is 0 Å². The number of hydrogen-bond donors (Lipinski definition) is 1. The molecular formula is C15H20N2O3S. The van der Waals surface area contributed by atoms with Crippen molar-refractivity contribution in [2.24, 2.45) is 5.92 Å². The monoisotopic (exact) mass is 308 g/mol. The molecule has 2 heterocycles. The smallest absolute Gasteiger partial charge is 0.320 e. The molecule has 1 unspecified atom stereocenters. The fraction of sp³-hybridized carbons (Fsp3) is 0.600. The number of urea groups is 1. The van der Waals surface area contributed by atoms with Crippen molar-refractivity contribution in [3.8, 4) is 0 Å². The van der Waals surface area contributed by atoms with Gasteiger partial charge >= 0.3 is 12.0 Å². The van der Waals surface area contributed by atoms with Gasteiger partial charge in [-0.15, -0.1) is 11.3 Å². The van der Waals surface area contributed by atoms with Gasteiger partial charge in [-0.05, 0) is 36.6 Å². The van der Waals surface area contributed by atoms with E-state index < -0.39 is 5.97 Å². The maximum absolute atomic E-state index is 12.7. The molecule has 114 valence electrons. The van der Waals surface area contributed by atoms with Crippen molar-refractivity contribution in [1.82, 2.24) is 9.80 Å². The summed E-state index contributed by atoms with van der Waals surface area (Å²) in [6.07, 6.45) is 3.14. The van der Waals surface area contributed by atoms with Crippen LogP contribution < -0.4 is 0 Å². The fourth-order valence-corrected chi connectivity index (χ4v) is 3.61. The summed E-state index contributed by atoms with van der Waals surface area (Å²) in [4.78, 5) is 28.5. The second-order valence-corrected chi connectivity index (χ2v) is 6.95. The summed E-state index contributed by atoms with van der Waals surface area (Å²) in [5, 5.41) is 10.9. The molecule has 0 spiro atoms. The zero-order valence-electron chi connectivity index (χ0n) is 11.9. The van der Waals surface area contributed by atoms with Gasteiger partial charge in [0.05, 0.1) is 6.54 Å². The summed E-state index contributed by atoms with van der Waals surface area (Å²) in [5.74, 6) is -0.666. The number of nitrogens with zero attached hydrogens (tertiary/aromatic N) is 2. The van der Waals surface area contributed by atoms with Crippen LogP contribution in [0, 0.1) is 5.92 Å². The van der Waals surface area contributed by atoms with Gasteiger partial charge < -0.3 is 14.9 Å². The number of hydrogen-bond acceptors (Lipinski definition) is 3. The number of carboxylic acids is 1. The molecule has 5 nitrogen and oxygen atoms in total. The van der Waals surface area contributed by atoms with Crippen molar-refractivity contribution in [1.29, 1.82) is 0 Å². The number of carbonyl (C=O) groups is 2. The molecule has 1 saturated carbocycles. The molecule has 6 heteroatoms. The molecule has 0 aromatic carbocycles. The second kappa shape index (κ2) is 6.05. The van der Waals surface area contributed by atoms with Crippen LogP contribution >= 0.6 is 11.3 Å². The van der Waals surface area contributed by atoms with Crippen LogP contribution in [0.25, 0.3) is 0 Å². The van der Waals surface area contributed by atoms with E-state index in [1.807, 2.05) is 21.2 Å². The summed E-state index contributed by atoms with van der Waals surface area (Å²) in [5.41, 5.74) is 0. The van der Waals surface area contributed by atoms with Gasteiger partial charge in [-0.2, -0.15) is 0 Å². The number of thiophene rings is 1. The number of carbonyl (C=O) groups excluding carboxylic acids is 1. The van der Waals surface area contributed by atoms with E-state index in [0.717, 1.165) is 19.3 Å². The van der Waals surface area contributed by atoms with E-state index in [9.17, 15) is 9.59 Å². The number of rotatable bonds is 5. The minimum Gasteiger partial charge on any atom is -0.481 e. The molecule has 1 saturated heterocycles. The first-order chi connectivity index (χ1) is 10.1. The zero-order chi connectivity index (χ0) is 14.8. The Hall–Kier alpha value is -1.56. The lowest BCUT2D eigenvalue weighted by Crippen LogP contribution is -2.42. The first-order valence-corrected chi connectivity index (χ1v) is 8.31. The van der Waals surface area contributed by atoms with Gasteiger partial charge in [0.15, 0.2) is 0 Å². The van der Waals surface area contributed by atoms with Gasteiger partial charge in [0.2, 0.25) is 0 Å². The Kier molecular flexibility index (Phi) is 4.14. The summed E-state index contributed by atoms with van der Waals surface area (Å²) in [6, 6.07) is 4.52. The average Bonchev–Trinajstić information content (AvgIpc) is 2.96. The Balaban J connectivity index is 1.61. The van der Waals surface area contributed by atoms with Gasteiger partial charge in [0, 0.05) is 30.4 Å². The molecule has 1 aliphatic carbocycles. The highest BCUT2D eigenvalue weighted by molar-refractivity contribution is 7.09. The predicted octanol–water partition coefficient (Wildman–Crippen LogP) is 2.63. The largest absolute Gasteiger partial charge is 0.481 e. The van der Waals surface area contributed by atoms with Crippen molar-refractivity contribution in [2.45, 2.75) is 38.3 Å². The minimum atomic E-state index is -0.771. The first-order valence-electron chi connectivity index (χ1n) is 7.43. The maximum Gasteiger partial charge on any atom is 0.320 e. The predicted molar refractivity (Wildman–Crippen MR) is 80.2 cm³/mol. The molecule has 1 aromatic rings. The van der Waals surface area contributed by atoms with Crippen LogP contribution in [-0.4, -0.2) is 46.0 Å². The normalized spacial score (nSPS) is 21.5. The first kappa shape index (κ1) is 14.4. The zero-order valence-corrected chi connectivity index (χ0v) is 12.7. The molecular weight excluding hydrogens is 288 g/mol. The third kappa shape index (κ3) is 3.56. The van der Waals surface area contributed by atoms with Gasteiger partial charge in [-0.3, -0.25) is 4.79 Å². The topological polar surface area (TPSA) is 60.9 Å². The van der Waals surface area contributed by atoms with Crippen LogP contribution in [0.5, 0.6) is 0 Å². The lowest BCUT2D eigenvalue weighted by molar-refractivity contribution is -0.138. The number of carboxylic acid groups (broad SMARTS) is 1. The van der Waals surface area contributed by atoms with E-state index in [1.54, 1.807) is 11.3 Å². The van der Waals surface area contributed by atoms with Crippen LogP contribution in [0.2, 0.25) is 0 Å². The summed E-state index contributed by atoms with van der Waals surface area (Å²) < 4.78 is 0. The second-order valence-electron chi connectivity index (χ2n) is 5.92. The highest BCUT2D eigenvalue weighted by Gasteiger charge is 2.37. The van der Waals surface area contributed by atoms with Crippen molar-refractivity contribution in [3.63, 3.8) is 0 Å². The molecule has 0 radical (unpaired) electrons. The molecule has 21 heavy (non-hydrogen) atoms. The molecule has 1 N–H and O–H groups in total. The van der Waals surface area contributed by atoms with E-state index in [-0.39, 0.29) is 18.4 Å². The molecule has 1 aliphatic heterocycles. The summed E-state index contributed by atoms with van der Waals surface area (Å²) in [7, 11) is 0. The van der Waals surface area contributed by atoms with Crippen LogP contribution in [0.15, 0.2) is 17.5 Å². The average molecular weight is 308 g/mol. The Morgan fingerprint density at radius 2 is 2.19 bits per heavy atom. The molecule has 2 aliphatic rings. The Labute approximate surface area is 128 Å². The van der Waals surface area contributed by atoms with Gasteiger partial charge in [0.1, 0.15) is 0 Å². The minimum absolute atomic E-state index is 0.0822. The van der Waals surface area contributed by atoms with E-state index in [2.05, 4.69) is 6.07 Å². The number of amides is 2. The molecule has 3 rings (SSSR count). The highest BCUT2D eigenvalue weighted by atomic mass is 32.1. The molecule has 1 aromatic heterocycles. The standard InChI is InChI=1S/C15H20N2O3S/c18-14(19)8-11-5-6-16(9-11)15(20)17(12-3-4-12)10-13-2-1-7-21-13/h1-2,7,11-12H,3-6,8-10H2,(H,18,19). The van der Waals surface area contributed by atoms with Crippen LogP contribution in [-0.2, 0) is 11.3 Å². The third-order valence-electron chi connectivity index (χ3n) is 4.16. The van der Waals surface area contributed by atoms with Crippen LogP contribution in [0.1, 0.15) is 30.6 Å². The maximum atomic E-state index is 12.7. The SMILES string of the molecule is O=C(O)CC1CCN(C(=O)N(Cc2cccs2)C2CC2)C1. The quantitative estimate of drug-likeness (QED) is 0.909. The lowest BCUT2D eigenvalue weighted by atomic mass is 10.1. The van der Waals surface area contributed by atoms with E-state index >= 15 is 0 Å². The van der Waals surface area contributed by atoms with Crippen molar-refractivity contribution in [2.75, 3.05) is 13.1 Å². The van der Waals surface area contributed by atoms with Gasteiger partial charge in [-0.1, -0.05) is 6.07 Å². The van der Waals surface area contributed by atoms with E-state index in [0.29, 0.717) is 25.7 Å². The molecule has 2 amide bonds. The van der Waals surface area contributed by atoms with Gasteiger partial charge in [-0.25, -0.2) is 4.79 Å². The molecule has 2 fully saturated rings. The van der Waals surface area contributed by atoms with Crippen LogP contribution in [0.3, 0.4) is 0 Å². The lowest BCUT2D eigenvalue weighted by Gasteiger charge is -2.28. The van der Waals surface area contributed by atoms with Crippen LogP contribution in [0.4, 0.5) is 4.79 Å².